The van der Waals surface area contributed by atoms with Crippen molar-refractivity contribution in [2.75, 3.05) is 5.32 Å². The van der Waals surface area contributed by atoms with E-state index in [1.54, 1.807) is 12.3 Å². The van der Waals surface area contributed by atoms with E-state index in [2.05, 4.69) is 25.9 Å². The van der Waals surface area contributed by atoms with Gasteiger partial charge in [0, 0.05) is 24.3 Å². The van der Waals surface area contributed by atoms with E-state index in [1.165, 1.54) is 0 Å². The number of nitrogens with zero attached hydrogens (tertiary/aromatic N) is 4. The summed E-state index contributed by atoms with van der Waals surface area (Å²) in [6.07, 6.45) is 6.83. The van der Waals surface area contributed by atoms with Crippen molar-refractivity contribution in [3.05, 3.63) is 54.6 Å². The molecule has 1 fully saturated rings. The van der Waals surface area contributed by atoms with Gasteiger partial charge in [-0.15, -0.1) is 0 Å². The lowest BCUT2D eigenvalue weighted by molar-refractivity contribution is 0.166. The summed E-state index contributed by atoms with van der Waals surface area (Å²) in [5, 5.41) is 23.7. The number of benzene rings is 1. The van der Waals surface area contributed by atoms with Gasteiger partial charge >= 0.3 is 0 Å². The van der Waals surface area contributed by atoms with Gasteiger partial charge in [-0.25, -0.2) is 9.97 Å². The number of hydrogen-bond acceptors (Lipinski definition) is 5. The van der Waals surface area contributed by atoms with E-state index >= 15 is 0 Å². The van der Waals surface area contributed by atoms with Gasteiger partial charge in [0.15, 0.2) is 0 Å². The van der Waals surface area contributed by atoms with Crippen LogP contribution in [0.3, 0.4) is 0 Å². The maximum absolute atomic E-state index is 10.4. The molecule has 1 aliphatic carbocycles. The van der Waals surface area contributed by atoms with Crippen LogP contribution in [0.15, 0.2) is 49.1 Å². The number of fused-ring (bicyclic) bond motifs is 1. The summed E-state index contributed by atoms with van der Waals surface area (Å²) >= 11 is 0. The van der Waals surface area contributed by atoms with Crippen molar-refractivity contribution < 1.29 is 5.11 Å². The maximum Gasteiger partial charge on any atom is 0.126 e. The zero-order valence-corrected chi connectivity index (χ0v) is 13.7. The van der Waals surface area contributed by atoms with Gasteiger partial charge < -0.3 is 15.0 Å². The summed E-state index contributed by atoms with van der Waals surface area (Å²) in [7, 11) is 0. The summed E-state index contributed by atoms with van der Waals surface area (Å²) in [4.78, 5) is 8.67. The lowest BCUT2D eigenvalue weighted by Gasteiger charge is -2.17. The monoisotopic (exact) mass is 333 g/mol. The molecular weight excluding hydrogens is 314 g/mol. The third-order valence-corrected chi connectivity index (χ3v) is 4.81. The first-order valence-corrected chi connectivity index (χ1v) is 8.42. The predicted molar refractivity (Wildman–Crippen MR) is 94.8 cm³/mol. The molecule has 0 spiro atoms. The van der Waals surface area contributed by atoms with Gasteiger partial charge in [-0.2, -0.15) is 5.26 Å². The molecule has 0 saturated heterocycles. The molecule has 3 aromatic rings. The number of nitriles is 1. The van der Waals surface area contributed by atoms with Crippen LogP contribution >= 0.6 is 0 Å². The van der Waals surface area contributed by atoms with Crippen molar-refractivity contribution in [2.45, 2.75) is 31.5 Å². The molecule has 1 aromatic carbocycles. The largest absolute Gasteiger partial charge is 0.391 e. The molecular formula is C19H19N5O. The molecule has 0 radical (unpaired) electrons. The van der Waals surface area contributed by atoms with Crippen LogP contribution in [-0.4, -0.2) is 31.8 Å². The quantitative estimate of drug-likeness (QED) is 0.766. The average molecular weight is 333 g/mol. The van der Waals surface area contributed by atoms with Gasteiger partial charge in [0.2, 0.25) is 0 Å². The lowest BCUT2D eigenvalue weighted by atomic mass is 10.1. The molecule has 2 aromatic heterocycles. The molecule has 2 N–H and O–H groups in total. The topological polar surface area (TPSA) is 86.8 Å². The van der Waals surface area contributed by atoms with Gasteiger partial charge in [0.25, 0.3) is 0 Å². The van der Waals surface area contributed by atoms with Gasteiger partial charge in [-0.1, -0.05) is 0 Å². The van der Waals surface area contributed by atoms with Crippen molar-refractivity contribution in [2.24, 2.45) is 5.92 Å². The van der Waals surface area contributed by atoms with E-state index in [0.717, 1.165) is 36.1 Å². The van der Waals surface area contributed by atoms with Crippen LogP contribution in [0.25, 0.3) is 10.9 Å². The Morgan fingerprint density at radius 3 is 3.00 bits per heavy atom. The summed E-state index contributed by atoms with van der Waals surface area (Å²) in [5.74, 6) is 1.17. The van der Waals surface area contributed by atoms with Crippen molar-refractivity contribution in [1.29, 1.82) is 5.26 Å². The number of nitrogens with one attached hydrogen (secondary N) is 1. The van der Waals surface area contributed by atoms with Crippen LogP contribution in [0.4, 0.5) is 5.82 Å². The van der Waals surface area contributed by atoms with Crippen molar-refractivity contribution in [1.82, 2.24) is 14.5 Å². The smallest absolute Gasteiger partial charge is 0.126 e. The zero-order valence-electron chi connectivity index (χ0n) is 13.7. The molecule has 126 valence electrons. The SMILES string of the molecule is N#Cc1ccc2nc(N[C@@H]3CC(Cn4ccnc4)C[C@H]3O)ccc2c1. The lowest BCUT2D eigenvalue weighted by Crippen LogP contribution is -2.28. The molecule has 25 heavy (non-hydrogen) atoms. The second kappa shape index (κ2) is 6.54. The molecule has 1 saturated carbocycles. The summed E-state index contributed by atoms with van der Waals surface area (Å²) in [6, 6.07) is 11.4. The van der Waals surface area contributed by atoms with E-state index in [-0.39, 0.29) is 12.1 Å². The molecule has 4 rings (SSSR count). The Kier molecular flexibility index (Phi) is 4.08. The molecule has 0 bridgehead atoms. The number of aliphatic hydroxyl groups is 1. The first-order valence-electron chi connectivity index (χ1n) is 8.42. The van der Waals surface area contributed by atoms with E-state index in [1.807, 2.05) is 36.8 Å². The number of rotatable bonds is 4. The van der Waals surface area contributed by atoms with Gasteiger partial charge in [0.05, 0.1) is 35.6 Å². The predicted octanol–water partition coefficient (Wildman–Crippen LogP) is 2.55. The highest BCUT2D eigenvalue weighted by molar-refractivity contribution is 5.81. The second-order valence-electron chi connectivity index (χ2n) is 6.63. The minimum absolute atomic E-state index is 0.00291. The van der Waals surface area contributed by atoms with E-state index in [4.69, 9.17) is 5.26 Å². The highest BCUT2D eigenvalue weighted by Crippen LogP contribution is 2.30. The van der Waals surface area contributed by atoms with E-state index in [0.29, 0.717) is 11.5 Å². The average Bonchev–Trinajstić information content (AvgIpc) is 3.25. The van der Waals surface area contributed by atoms with Crippen molar-refractivity contribution in [3.63, 3.8) is 0 Å². The van der Waals surface area contributed by atoms with Gasteiger partial charge in [-0.05, 0) is 49.1 Å². The molecule has 0 amide bonds. The number of imidazole rings is 1. The number of pyridine rings is 1. The molecule has 6 nitrogen and oxygen atoms in total. The Morgan fingerprint density at radius 2 is 2.20 bits per heavy atom. The molecule has 3 atom stereocenters. The molecule has 0 aliphatic heterocycles. The van der Waals surface area contributed by atoms with Crippen LogP contribution in [0.2, 0.25) is 0 Å². The highest BCUT2D eigenvalue weighted by atomic mass is 16.3. The third kappa shape index (κ3) is 3.32. The van der Waals surface area contributed by atoms with Gasteiger partial charge in [-0.3, -0.25) is 0 Å². The highest BCUT2D eigenvalue weighted by Gasteiger charge is 2.33. The molecule has 1 unspecified atom stereocenters. The fourth-order valence-corrected chi connectivity index (χ4v) is 3.58. The first kappa shape index (κ1) is 15.6. The molecule has 6 heteroatoms. The number of hydrogen-bond donors (Lipinski definition) is 2. The Morgan fingerprint density at radius 1 is 1.28 bits per heavy atom. The standard InChI is InChI=1S/C19H19N5O/c20-10-13-1-3-16-15(7-13)2-4-19(22-16)23-17-8-14(9-18(17)25)11-24-6-5-21-12-24/h1-7,12,14,17-18,25H,8-9,11H2,(H,22,23)/t14?,17-,18-/m1/s1. The zero-order chi connectivity index (χ0) is 17.2. The van der Waals surface area contributed by atoms with E-state index in [9.17, 15) is 5.11 Å². The van der Waals surface area contributed by atoms with Crippen molar-refractivity contribution >= 4 is 16.7 Å². The molecule has 1 aliphatic rings. The number of anilines is 1. The van der Waals surface area contributed by atoms with Crippen molar-refractivity contribution in [3.8, 4) is 6.07 Å². The Balaban J connectivity index is 1.46. The maximum atomic E-state index is 10.4. The fourth-order valence-electron chi connectivity index (χ4n) is 3.58. The second-order valence-corrected chi connectivity index (χ2v) is 6.63. The number of aliphatic hydroxyl groups excluding tert-OH is 1. The van der Waals surface area contributed by atoms with Crippen LogP contribution < -0.4 is 5.32 Å². The minimum atomic E-state index is -0.382. The normalized spacial score (nSPS) is 22.8. The van der Waals surface area contributed by atoms with E-state index < -0.39 is 0 Å². The summed E-state index contributed by atoms with van der Waals surface area (Å²) in [6.45, 7) is 0.872. The molecule has 2 heterocycles. The number of aromatic nitrogens is 3. The summed E-state index contributed by atoms with van der Waals surface area (Å²) < 4.78 is 2.06. The fraction of sp³-hybridized carbons (Fsp3) is 0.316. The van der Waals surface area contributed by atoms with Crippen LogP contribution in [0, 0.1) is 17.2 Å². The van der Waals surface area contributed by atoms with Gasteiger partial charge in [0.1, 0.15) is 5.82 Å². The minimum Gasteiger partial charge on any atom is -0.391 e. The first-order chi connectivity index (χ1) is 12.2. The Bertz CT molecular complexity index is 915. The third-order valence-electron chi connectivity index (χ3n) is 4.81. The van der Waals surface area contributed by atoms with Crippen LogP contribution in [0.1, 0.15) is 18.4 Å². The van der Waals surface area contributed by atoms with Crippen LogP contribution in [-0.2, 0) is 6.54 Å². The summed E-state index contributed by atoms with van der Waals surface area (Å²) in [5.41, 5.74) is 1.47. The Labute approximate surface area is 145 Å². The Hall–Kier alpha value is -2.91. The van der Waals surface area contributed by atoms with Crippen LogP contribution in [0.5, 0.6) is 0 Å².